The molecule has 1 aromatic carbocycles. The number of sulfonamides is 1. The maximum absolute atomic E-state index is 13.0. The molecule has 10 heteroatoms. The lowest BCUT2D eigenvalue weighted by Crippen LogP contribution is -2.51. The van der Waals surface area contributed by atoms with Crippen LogP contribution in [0.25, 0.3) is 11.0 Å². The molecule has 0 radical (unpaired) electrons. The quantitative estimate of drug-likeness (QED) is 0.522. The maximum atomic E-state index is 13.0. The van der Waals surface area contributed by atoms with Crippen molar-refractivity contribution in [3.63, 3.8) is 0 Å². The van der Waals surface area contributed by atoms with E-state index in [9.17, 15) is 13.2 Å². The van der Waals surface area contributed by atoms with Crippen molar-refractivity contribution in [3.05, 3.63) is 42.2 Å². The summed E-state index contributed by atoms with van der Waals surface area (Å²) in [7, 11) is -1.96. The molecule has 0 aliphatic heterocycles. The van der Waals surface area contributed by atoms with E-state index in [0.29, 0.717) is 11.0 Å². The van der Waals surface area contributed by atoms with Gasteiger partial charge in [0.05, 0.1) is 11.7 Å². The van der Waals surface area contributed by atoms with E-state index >= 15 is 0 Å². The molecule has 0 unspecified atom stereocenters. The number of aromatic nitrogens is 3. The summed E-state index contributed by atoms with van der Waals surface area (Å²) in [6.45, 7) is 5.55. The lowest BCUT2D eigenvalue weighted by molar-refractivity contribution is -0.124. The normalized spacial score (nSPS) is 14.2. The van der Waals surface area contributed by atoms with E-state index < -0.39 is 16.1 Å². The summed E-state index contributed by atoms with van der Waals surface area (Å²) in [4.78, 5) is 12.9. The van der Waals surface area contributed by atoms with Gasteiger partial charge in [-0.15, -0.1) is 0 Å². The standard InChI is InChI=1S/C20H27N5O3S2/c1-13(2)18(20(26)21-14(3)10-11-15-7-6-12-25(15)4)24-30(27,28)17-9-5-8-16-19(17)23-29-22-16/h5-9,12-14,18,24H,10-11H2,1-4H3,(H,21,26)/t14-,18-/m0/s1. The highest BCUT2D eigenvalue weighted by Gasteiger charge is 2.30. The molecule has 0 fully saturated rings. The van der Waals surface area contributed by atoms with Crippen molar-refractivity contribution in [2.45, 2.75) is 50.6 Å². The number of carbonyl (C=O) groups excluding carboxylic acids is 1. The highest BCUT2D eigenvalue weighted by atomic mass is 32.2. The van der Waals surface area contributed by atoms with Gasteiger partial charge in [0, 0.05) is 25.0 Å². The zero-order valence-corrected chi connectivity index (χ0v) is 19.1. The van der Waals surface area contributed by atoms with E-state index in [1.54, 1.807) is 12.1 Å². The van der Waals surface area contributed by atoms with Crippen molar-refractivity contribution < 1.29 is 13.2 Å². The number of hydrogen-bond donors (Lipinski definition) is 2. The number of rotatable bonds is 9. The Balaban J connectivity index is 1.69. The molecule has 8 nitrogen and oxygen atoms in total. The number of amides is 1. The molecule has 0 saturated heterocycles. The van der Waals surface area contributed by atoms with Gasteiger partial charge in [0.1, 0.15) is 22.0 Å². The van der Waals surface area contributed by atoms with Crippen molar-refractivity contribution in [2.24, 2.45) is 13.0 Å². The van der Waals surface area contributed by atoms with Crippen molar-refractivity contribution in [1.82, 2.24) is 23.4 Å². The topological polar surface area (TPSA) is 106 Å². The third kappa shape index (κ3) is 5.05. The van der Waals surface area contributed by atoms with Crippen LogP contribution in [0.4, 0.5) is 0 Å². The molecule has 0 saturated carbocycles. The van der Waals surface area contributed by atoms with E-state index in [4.69, 9.17) is 0 Å². The lowest BCUT2D eigenvalue weighted by Gasteiger charge is -2.24. The van der Waals surface area contributed by atoms with Crippen LogP contribution in [0.15, 0.2) is 41.4 Å². The van der Waals surface area contributed by atoms with E-state index in [-0.39, 0.29) is 22.8 Å². The van der Waals surface area contributed by atoms with E-state index in [2.05, 4.69) is 18.8 Å². The van der Waals surface area contributed by atoms with Gasteiger partial charge >= 0.3 is 0 Å². The summed E-state index contributed by atoms with van der Waals surface area (Å²) in [6.07, 6.45) is 3.56. The molecule has 1 amide bonds. The van der Waals surface area contributed by atoms with Crippen LogP contribution in [0.5, 0.6) is 0 Å². The largest absolute Gasteiger partial charge is 0.354 e. The number of fused-ring (bicyclic) bond motifs is 1. The molecule has 0 bridgehead atoms. The minimum Gasteiger partial charge on any atom is -0.354 e. The molecule has 162 valence electrons. The average Bonchev–Trinajstić information content (AvgIpc) is 3.32. The Morgan fingerprint density at radius 3 is 2.60 bits per heavy atom. The second-order valence-electron chi connectivity index (χ2n) is 7.79. The first-order valence-electron chi connectivity index (χ1n) is 9.83. The van der Waals surface area contributed by atoms with Gasteiger partial charge in [-0.2, -0.15) is 13.5 Å². The maximum Gasteiger partial charge on any atom is 0.243 e. The molecule has 30 heavy (non-hydrogen) atoms. The van der Waals surface area contributed by atoms with Crippen LogP contribution < -0.4 is 10.0 Å². The highest BCUT2D eigenvalue weighted by molar-refractivity contribution is 7.89. The zero-order valence-electron chi connectivity index (χ0n) is 17.5. The van der Waals surface area contributed by atoms with Gasteiger partial charge in [0.25, 0.3) is 0 Å². The number of nitrogens with one attached hydrogen (secondary N) is 2. The minimum atomic E-state index is -3.95. The van der Waals surface area contributed by atoms with Gasteiger partial charge in [-0.05, 0) is 49.9 Å². The fourth-order valence-electron chi connectivity index (χ4n) is 3.25. The zero-order chi connectivity index (χ0) is 21.9. The van der Waals surface area contributed by atoms with Crippen LogP contribution in [-0.2, 0) is 28.3 Å². The molecule has 3 aromatic rings. The first-order chi connectivity index (χ1) is 14.2. The van der Waals surface area contributed by atoms with E-state index in [0.717, 1.165) is 24.6 Å². The molecular weight excluding hydrogens is 422 g/mol. The number of benzene rings is 1. The number of nitrogens with zero attached hydrogens (tertiary/aromatic N) is 3. The van der Waals surface area contributed by atoms with Crippen LogP contribution in [-0.4, -0.2) is 39.7 Å². The second-order valence-corrected chi connectivity index (χ2v) is 10.0. The summed E-state index contributed by atoms with van der Waals surface area (Å²) in [6, 6.07) is 7.85. The monoisotopic (exact) mass is 449 g/mol. The highest BCUT2D eigenvalue weighted by Crippen LogP contribution is 2.22. The first-order valence-corrected chi connectivity index (χ1v) is 12.0. The second kappa shape index (κ2) is 9.23. The van der Waals surface area contributed by atoms with E-state index in [1.807, 2.05) is 50.7 Å². The van der Waals surface area contributed by atoms with E-state index in [1.165, 1.54) is 11.8 Å². The van der Waals surface area contributed by atoms with Gasteiger partial charge in [0.2, 0.25) is 15.9 Å². The Hall–Kier alpha value is -2.30. The molecule has 2 aromatic heterocycles. The van der Waals surface area contributed by atoms with Gasteiger partial charge in [-0.3, -0.25) is 4.79 Å². The Labute approximate surface area is 181 Å². The molecule has 0 aliphatic carbocycles. The molecular formula is C20H27N5O3S2. The minimum absolute atomic E-state index is 0.0314. The van der Waals surface area contributed by atoms with Gasteiger partial charge in [-0.1, -0.05) is 19.9 Å². The third-order valence-corrected chi connectivity index (χ3v) is 7.06. The predicted molar refractivity (Wildman–Crippen MR) is 118 cm³/mol. The summed E-state index contributed by atoms with van der Waals surface area (Å²) in [5.74, 6) is -0.566. The molecule has 0 aliphatic rings. The summed E-state index contributed by atoms with van der Waals surface area (Å²) in [5.41, 5.74) is 2.01. The first kappa shape index (κ1) is 22.4. The molecule has 0 spiro atoms. The molecule has 2 atom stereocenters. The smallest absolute Gasteiger partial charge is 0.243 e. The molecule has 3 rings (SSSR count). The summed E-state index contributed by atoms with van der Waals surface area (Å²) in [5, 5.41) is 2.95. The lowest BCUT2D eigenvalue weighted by atomic mass is 10.0. The average molecular weight is 450 g/mol. The summed E-state index contributed by atoms with van der Waals surface area (Å²) < 4.78 is 38.8. The molecule has 2 N–H and O–H groups in total. The Morgan fingerprint density at radius 1 is 1.17 bits per heavy atom. The van der Waals surface area contributed by atoms with Crippen molar-refractivity contribution in [1.29, 1.82) is 0 Å². The third-order valence-electron chi connectivity index (χ3n) is 5.04. The van der Waals surface area contributed by atoms with Gasteiger partial charge in [0.15, 0.2) is 0 Å². The fraction of sp³-hybridized carbons (Fsp3) is 0.450. The number of hydrogen-bond acceptors (Lipinski definition) is 6. The van der Waals surface area contributed by atoms with Crippen LogP contribution in [0.2, 0.25) is 0 Å². The Kier molecular flexibility index (Phi) is 6.89. The van der Waals surface area contributed by atoms with Crippen LogP contribution >= 0.6 is 11.7 Å². The predicted octanol–water partition coefficient (Wildman–Crippen LogP) is 2.47. The van der Waals surface area contributed by atoms with Gasteiger partial charge in [-0.25, -0.2) is 8.42 Å². The van der Waals surface area contributed by atoms with Crippen LogP contribution in [0.3, 0.4) is 0 Å². The summed E-state index contributed by atoms with van der Waals surface area (Å²) >= 11 is 0.955. The SMILES string of the molecule is CC(C)[C@H](NS(=O)(=O)c1cccc2nsnc12)C(=O)N[C@@H](C)CCc1cccn1C. The number of carbonyl (C=O) groups is 1. The van der Waals surface area contributed by atoms with Crippen molar-refractivity contribution >= 4 is 38.7 Å². The fourth-order valence-corrected chi connectivity index (χ4v) is 5.36. The Morgan fingerprint density at radius 2 is 1.93 bits per heavy atom. The van der Waals surface area contributed by atoms with Gasteiger partial charge < -0.3 is 9.88 Å². The number of aryl methyl sites for hydroxylation is 2. The van der Waals surface area contributed by atoms with Crippen molar-refractivity contribution in [3.8, 4) is 0 Å². The Bertz CT molecular complexity index is 1120. The van der Waals surface area contributed by atoms with Crippen LogP contribution in [0.1, 0.15) is 32.9 Å². The van der Waals surface area contributed by atoms with Crippen molar-refractivity contribution in [2.75, 3.05) is 0 Å². The van der Waals surface area contributed by atoms with Crippen LogP contribution in [0, 0.1) is 5.92 Å². The molecule has 2 heterocycles.